The van der Waals surface area contributed by atoms with Crippen LogP contribution in [0.1, 0.15) is 22.4 Å². The second-order valence-electron chi connectivity index (χ2n) is 6.41. The van der Waals surface area contributed by atoms with Gasteiger partial charge in [0.05, 0.1) is 16.1 Å². The predicted octanol–water partition coefficient (Wildman–Crippen LogP) is 3.07. The molecule has 128 valence electrons. The third-order valence-electron chi connectivity index (χ3n) is 4.53. The summed E-state index contributed by atoms with van der Waals surface area (Å²) in [6.45, 7) is 4.00. The van der Waals surface area contributed by atoms with Gasteiger partial charge in [-0.2, -0.15) is 0 Å². The first-order chi connectivity index (χ1) is 12.1. The molecule has 2 aromatic heterocycles. The summed E-state index contributed by atoms with van der Waals surface area (Å²) in [5.74, 6) is 0.958. The van der Waals surface area contributed by atoms with Crippen LogP contribution in [-0.4, -0.2) is 26.5 Å². The number of benzene rings is 1. The molecule has 3 aromatic rings. The number of H-pyrrole nitrogens is 1. The van der Waals surface area contributed by atoms with Crippen LogP contribution in [0.3, 0.4) is 0 Å². The molecule has 0 saturated heterocycles. The van der Waals surface area contributed by atoms with Crippen LogP contribution in [0, 0.1) is 6.92 Å². The molecule has 3 heterocycles. The van der Waals surface area contributed by atoms with Gasteiger partial charge in [0.15, 0.2) is 5.82 Å². The van der Waals surface area contributed by atoms with Crippen LogP contribution >= 0.6 is 11.3 Å². The van der Waals surface area contributed by atoms with Gasteiger partial charge in [-0.25, -0.2) is 4.98 Å². The number of phenolic OH excluding ortho intramolecular Hbond substituents is 1. The Hall–Kier alpha value is -2.44. The molecule has 0 spiro atoms. The average molecular weight is 353 g/mol. The number of rotatable bonds is 3. The molecule has 1 aromatic carbocycles. The third kappa shape index (κ3) is 3.23. The Bertz CT molecular complexity index is 963. The summed E-state index contributed by atoms with van der Waals surface area (Å²) in [5.41, 5.74) is 3.57. The molecule has 4 rings (SSSR count). The van der Waals surface area contributed by atoms with Crippen molar-refractivity contribution in [2.24, 2.45) is 0 Å². The first-order valence-corrected chi connectivity index (χ1v) is 9.15. The zero-order valence-corrected chi connectivity index (χ0v) is 14.8. The van der Waals surface area contributed by atoms with Crippen molar-refractivity contribution < 1.29 is 5.11 Å². The summed E-state index contributed by atoms with van der Waals surface area (Å²) in [6, 6.07) is 9.53. The summed E-state index contributed by atoms with van der Waals surface area (Å²) >= 11 is 1.57. The zero-order valence-electron chi connectivity index (χ0n) is 14.0. The Kier molecular flexibility index (Phi) is 4.15. The molecule has 0 saturated carbocycles. The molecule has 0 radical (unpaired) electrons. The predicted molar refractivity (Wildman–Crippen MR) is 98.8 cm³/mol. The topological polar surface area (TPSA) is 69.2 Å². The van der Waals surface area contributed by atoms with Crippen molar-refractivity contribution >= 4 is 11.3 Å². The molecule has 0 fully saturated rings. The monoisotopic (exact) mass is 353 g/mol. The van der Waals surface area contributed by atoms with E-state index in [-0.39, 0.29) is 5.56 Å². The van der Waals surface area contributed by atoms with Gasteiger partial charge in [0.1, 0.15) is 5.75 Å². The van der Waals surface area contributed by atoms with E-state index in [1.807, 2.05) is 36.6 Å². The lowest BCUT2D eigenvalue weighted by Gasteiger charge is -2.28. The Morgan fingerprint density at radius 3 is 3.04 bits per heavy atom. The van der Waals surface area contributed by atoms with E-state index < -0.39 is 0 Å². The smallest absolute Gasteiger partial charge is 0.255 e. The summed E-state index contributed by atoms with van der Waals surface area (Å²) in [4.78, 5) is 23.3. The van der Waals surface area contributed by atoms with Crippen LogP contribution in [0.2, 0.25) is 0 Å². The van der Waals surface area contributed by atoms with E-state index in [4.69, 9.17) is 0 Å². The van der Waals surface area contributed by atoms with Crippen molar-refractivity contribution in [3.8, 4) is 16.5 Å². The number of nitrogens with one attached hydrogen (secondary N) is 1. The Morgan fingerprint density at radius 2 is 2.24 bits per heavy atom. The van der Waals surface area contributed by atoms with Gasteiger partial charge in [-0.1, -0.05) is 23.8 Å². The van der Waals surface area contributed by atoms with Crippen LogP contribution in [0.4, 0.5) is 0 Å². The minimum absolute atomic E-state index is 0.0634. The number of hydrogen-bond acceptors (Lipinski definition) is 5. The minimum Gasteiger partial charge on any atom is -0.508 e. The number of aromatic nitrogens is 2. The molecule has 1 aliphatic rings. The number of fused-ring (bicyclic) bond motifs is 1. The van der Waals surface area contributed by atoms with Crippen LogP contribution < -0.4 is 5.56 Å². The van der Waals surface area contributed by atoms with Crippen molar-refractivity contribution in [2.75, 3.05) is 6.54 Å². The minimum atomic E-state index is -0.0634. The van der Waals surface area contributed by atoms with E-state index >= 15 is 0 Å². The lowest BCUT2D eigenvalue weighted by Crippen LogP contribution is -2.35. The number of aryl methyl sites for hydroxylation is 1. The van der Waals surface area contributed by atoms with E-state index in [1.54, 1.807) is 17.4 Å². The molecule has 0 unspecified atom stereocenters. The number of aromatic hydroxyl groups is 1. The van der Waals surface area contributed by atoms with Crippen molar-refractivity contribution in [1.29, 1.82) is 0 Å². The number of nitrogens with zero attached hydrogens (tertiary/aromatic N) is 2. The fourth-order valence-corrected chi connectivity index (χ4v) is 3.90. The Labute approximate surface area is 149 Å². The van der Waals surface area contributed by atoms with Crippen molar-refractivity contribution in [2.45, 2.75) is 26.4 Å². The quantitative estimate of drug-likeness (QED) is 0.759. The normalized spacial score (nSPS) is 14.4. The largest absolute Gasteiger partial charge is 0.508 e. The van der Waals surface area contributed by atoms with Gasteiger partial charge < -0.3 is 10.1 Å². The number of hydrogen-bond donors (Lipinski definition) is 2. The highest BCUT2D eigenvalue weighted by Gasteiger charge is 2.22. The standard InChI is InChI=1S/C19H19N3O2S/c1-12-4-5-16(23)13(9-12)10-22-7-6-15-14(11-22)19(24)21-18(20-15)17-3-2-8-25-17/h2-5,8-9,23H,6-7,10-11H2,1H3,(H,20,21,24). The highest BCUT2D eigenvalue weighted by Crippen LogP contribution is 2.25. The van der Waals surface area contributed by atoms with Gasteiger partial charge in [0, 0.05) is 31.6 Å². The molecular formula is C19H19N3O2S. The average Bonchev–Trinajstić information content (AvgIpc) is 3.13. The van der Waals surface area contributed by atoms with Crippen molar-refractivity contribution in [1.82, 2.24) is 14.9 Å². The molecule has 0 atom stereocenters. The molecule has 6 heteroatoms. The van der Waals surface area contributed by atoms with Crippen molar-refractivity contribution in [3.05, 3.63) is 68.4 Å². The second kappa shape index (κ2) is 6.46. The first kappa shape index (κ1) is 16.1. The van der Waals surface area contributed by atoms with Crippen molar-refractivity contribution in [3.63, 3.8) is 0 Å². The molecule has 1 aliphatic heterocycles. The van der Waals surface area contributed by atoms with Crippen LogP contribution in [0.15, 0.2) is 40.5 Å². The summed E-state index contributed by atoms with van der Waals surface area (Å²) in [6.07, 6.45) is 0.740. The maximum atomic E-state index is 12.5. The lowest BCUT2D eigenvalue weighted by atomic mass is 10.0. The fourth-order valence-electron chi connectivity index (χ4n) is 3.23. The van der Waals surface area contributed by atoms with Gasteiger partial charge in [-0.15, -0.1) is 11.3 Å². The molecule has 5 nitrogen and oxygen atoms in total. The van der Waals surface area contributed by atoms with Crippen LogP contribution in [0.25, 0.3) is 10.7 Å². The SMILES string of the molecule is Cc1ccc(O)c(CN2CCc3nc(-c4cccs4)[nH]c(=O)c3C2)c1. The van der Waals surface area contributed by atoms with Crippen LogP contribution in [-0.2, 0) is 19.5 Å². The second-order valence-corrected chi connectivity index (χ2v) is 7.36. The maximum Gasteiger partial charge on any atom is 0.255 e. The molecule has 25 heavy (non-hydrogen) atoms. The van der Waals surface area contributed by atoms with Gasteiger partial charge >= 0.3 is 0 Å². The Morgan fingerprint density at radius 1 is 1.36 bits per heavy atom. The number of aromatic amines is 1. The van der Waals surface area contributed by atoms with E-state index in [0.717, 1.165) is 40.2 Å². The first-order valence-electron chi connectivity index (χ1n) is 8.27. The van der Waals surface area contributed by atoms with E-state index in [2.05, 4.69) is 14.9 Å². The number of phenols is 1. The Balaban J connectivity index is 1.59. The van der Waals surface area contributed by atoms with Gasteiger partial charge in [0.2, 0.25) is 0 Å². The lowest BCUT2D eigenvalue weighted by molar-refractivity contribution is 0.238. The summed E-state index contributed by atoms with van der Waals surface area (Å²) < 4.78 is 0. The highest BCUT2D eigenvalue weighted by atomic mass is 32.1. The van der Waals surface area contributed by atoms with E-state index in [9.17, 15) is 9.90 Å². The van der Waals surface area contributed by atoms with E-state index in [1.165, 1.54) is 0 Å². The molecule has 0 amide bonds. The fraction of sp³-hybridized carbons (Fsp3) is 0.263. The molecule has 0 aliphatic carbocycles. The summed E-state index contributed by atoms with van der Waals surface area (Å²) in [5, 5.41) is 12.0. The molecule has 2 N–H and O–H groups in total. The number of thiophene rings is 1. The van der Waals surface area contributed by atoms with Gasteiger partial charge in [-0.3, -0.25) is 9.69 Å². The van der Waals surface area contributed by atoms with Crippen LogP contribution in [0.5, 0.6) is 5.75 Å². The zero-order chi connectivity index (χ0) is 17.4. The molecular weight excluding hydrogens is 334 g/mol. The third-order valence-corrected chi connectivity index (χ3v) is 5.41. The molecule has 0 bridgehead atoms. The highest BCUT2D eigenvalue weighted by molar-refractivity contribution is 7.13. The van der Waals surface area contributed by atoms with E-state index in [0.29, 0.717) is 24.7 Å². The maximum absolute atomic E-state index is 12.5. The van der Waals surface area contributed by atoms with Gasteiger partial charge in [-0.05, 0) is 24.4 Å². The van der Waals surface area contributed by atoms with Gasteiger partial charge in [0.25, 0.3) is 5.56 Å². The summed E-state index contributed by atoms with van der Waals surface area (Å²) in [7, 11) is 0.